The predicted molar refractivity (Wildman–Crippen MR) is 57.3 cm³/mol. The van der Waals surface area contributed by atoms with Crippen molar-refractivity contribution in [3.05, 3.63) is 35.9 Å². The van der Waals surface area contributed by atoms with Gasteiger partial charge < -0.3 is 4.90 Å². The van der Waals surface area contributed by atoms with Crippen LogP contribution in [0.2, 0.25) is 0 Å². The standard InChI is InChI=1S/C11H16N2/c1-5-10(4)13-8-9(3)7-12-11(13)6-2/h6-8H,4-5H2,1-3H3/b11-6-. The van der Waals surface area contributed by atoms with Crippen LogP contribution in [0.15, 0.2) is 40.9 Å². The van der Waals surface area contributed by atoms with Crippen molar-refractivity contribution in [2.24, 2.45) is 4.99 Å². The molecule has 0 aromatic heterocycles. The first-order chi connectivity index (χ1) is 6.19. The number of hydrogen-bond donors (Lipinski definition) is 0. The summed E-state index contributed by atoms with van der Waals surface area (Å²) in [5.41, 5.74) is 2.23. The van der Waals surface area contributed by atoms with E-state index in [0.717, 1.165) is 23.5 Å². The van der Waals surface area contributed by atoms with Gasteiger partial charge in [-0.1, -0.05) is 13.5 Å². The molecule has 1 aliphatic heterocycles. The van der Waals surface area contributed by atoms with E-state index in [-0.39, 0.29) is 0 Å². The van der Waals surface area contributed by atoms with Gasteiger partial charge in [0.1, 0.15) is 5.82 Å². The van der Waals surface area contributed by atoms with E-state index in [4.69, 9.17) is 0 Å². The fraction of sp³-hybridized carbons (Fsp3) is 0.364. The van der Waals surface area contributed by atoms with Crippen LogP contribution in [-0.2, 0) is 0 Å². The molecule has 13 heavy (non-hydrogen) atoms. The monoisotopic (exact) mass is 176 g/mol. The summed E-state index contributed by atoms with van der Waals surface area (Å²) in [6.07, 6.45) is 6.86. The fourth-order valence-electron chi connectivity index (χ4n) is 1.17. The van der Waals surface area contributed by atoms with Crippen molar-refractivity contribution in [2.75, 3.05) is 0 Å². The van der Waals surface area contributed by atoms with E-state index < -0.39 is 0 Å². The maximum atomic E-state index is 4.31. The summed E-state index contributed by atoms with van der Waals surface area (Å²) in [4.78, 5) is 6.35. The largest absolute Gasteiger partial charge is 0.306 e. The van der Waals surface area contributed by atoms with Crippen molar-refractivity contribution in [2.45, 2.75) is 27.2 Å². The second kappa shape index (κ2) is 4.08. The summed E-state index contributed by atoms with van der Waals surface area (Å²) >= 11 is 0. The molecule has 0 saturated heterocycles. The number of hydrogen-bond acceptors (Lipinski definition) is 2. The molecule has 0 N–H and O–H groups in total. The maximum Gasteiger partial charge on any atom is 0.132 e. The van der Waals surface area contributed by atoms with Crippen LogP contribution in [0.3, 0.4) is 0 Å². The van der Waals surface area contributed by atoms with E-state index in [0.29, 0.717) is 0 Å². The maximum absolute atomic E-state index is 4.31. The van der Waals surface area contributed by atoms with Crippen LogP contribution in [0.4, 0.5) is 0 Å². The van der Waals surface area contributed by atoms with Crippen LogP contribution in [0.1, 0.15) is 27.2 Å². The Morgan fingerprint density at radius 2 is 2.38 bits per heavy atom. The minimum atomic E-state index is 0.941. The van der Waals surface area contributed by atoms with Crippen molar-refractivity contribution in [1.29, 1.82) is 0 Å². The van der Waals surface area contributed by atoms with Gasteiger partial charge in [0.15, 0.2) is 0 Å². The highest BCUT2D eigenvalue weighted by Crippen LogP contribution is 2.20. The van der Waals surface area contributed by atoms with Gasteiger partial charge in [-0.15, -0.1) is 0 Å². The Hall–Kier alpha value is -1.31. The minimum absolute atomic E-state index is 0.941. The first-order valence-corrected chi connectivity index (χ1v) is 4.54. The lowest BCUT2D eigenvalue weighted by atomic mass is 10.2. The Bertz CT molecular complexity index is 295. The van der Waals surface area contributed by atoms with Crippen molar-refractivity contribution >= 4 is 6.21 Å². The Morgan fingerprint density at radius 1 is 1.69 bits per heavy atom. The van der Waals surface area contributed by atoms with Gasteiger partial charge in [-0.05, 0) is 31.9 Å². The molecule has 0 aliphatic carbocycles. The molecule has 0 aromatic rings. The van der Waals surface area contributed by atoms with Crippen LogP contribution < -0.4 is 0 Å². The highest BCUT2D eigenvalue weighted by Gasteiger charge is 2.10. The Morgan fingerprint density at radius 3 is 2.92 bits per heavy atom. The summed E-state index contributed by atoms with van der Waals surface area (Å²) < 4.78 is 0. The molecule has 0 bridgehead atoms. The quantitative estimate of drug-likeness (QED) is 0.631. The number of allylic oxidation sites excluding steroid dienone is 3. The van der Waals surface area contributed by atoms with E-state index in [1.807, 2.05) is 31.0 Å². The van der Waals surface area contributed by atoms with E-state index in [2.05, 4.69) is 24.7 Å². The topological polar surface area (TPSA) is 15.6 Å². The van der Waals surface area contributed by atoms with Crippen LogP contribution in [-0.4, -0.2) is 11.1 Å². The zero-order valence-corrected chi connectivity index (χ0v) is 8.54. The first-order valence-electron chi connectivity index (χ1n) is 4.54. The highest BCUT2D eigenvalue weighted by molar-refractivity contribution is 5.79. The molecule has 1 heterocycles. The van der Waals surface area contributed by atoms with E-state index in [1.54, 1.807) is 0 Å². The molecular formula is C11H16N2. The molecule has 70 valence electrons. The highest BCUT2D eigenvalue weighted by atomic mass is 15.2. The molecule has 0 saturated carbocycles. The molecule has 1 aliphatic rings. The summed E-state index contributed by atoms with van der Waals surface area (Å²) in [6.45, 7) is 10.1. The molecule has 0 radical (unpaired) electrons. The third kappa shape index (κ3) is 2.08. The first kappa shape index (κ1) is 9.78. The van der Waals surface area contributed by atoms with Gasteiger partial charge in [0.05, 0.1) is 0 Å². The number of aliphatic imine (C=N–C) groups is 1. The average molecular weight is 176 g/mol. The van der Waals surface area contributed by atoms with E-state index >= 15 is 0 Å². The summed E-state index contributed by atoms with van der Waals surface area (Å²) in [5, 5.41) is 0. The third-order valence-corrected chi connectivity index (χ3v) is 1.99. The molecular weight excluding hydrogens is 160 g/mol. The summed E-state index contributed by atoms with van der Waals surface area (Å²) in [6, 6.07) is 0. The second-order valence-corrected chi connectivity index (χ2v) is 3.07. The number of nitrogens with zero attached hydrogens (tertiary/aromatic N) is 2. The Balaban J connectivity index is 2.93. The molecule has 2 nitrogen and oxygen atoms in total. The Kier molecular flexibility index (Phi) is 3.07. The zero-order chi connectivity index (χ0) is 9.84. The van der Waals surface area contributed by atoms with Gasteiger partial charge in [0.2, 0.25) is 0 Å². The predicted octanol–water partition coefficient (Wildman–Crippen LogP) is 3.06. The molecule has 0 amide bonds. The Labute approximate surface area is 80.0 Å². The molecule has 0 aromatic carbocycles. The van der Waals surface area contributed by atoms with E-state index in [9.17, 15) is 0 Å². The SMILES string of the molecule is C=C(CC)N1C=C(C)C=N/C1=C/C. The van der Waals surface area contributed by atoms with Crippen LogP contribution in [0.5, 0.6) is 0 Å². The molecule has 0 fully saturated rings. The van der Waals surface area contributed by atoms with Crippen molar-refractivity contribution < 1.29 is 0 Å². The van der Waals surface area contributed by atoms with Crippen LogP contribution in [0, 0.1) is 0 Å². The average Bonchev–Trinajstić information content (AvgIpc) is 2.16. The second-order valence-electron chi connectivity index (χ2n) is 3.07. The van der Waals surface area contributed by atoms with Gasteiger partial charge in [-0.25, -0.2) is 4.99 Å². The van der Waals surface area contributed by atoms with Crippen molar-refractivity contribution in [1.82, 2.24) is 4.90 Å². The summed E-state index contributed by atoms with van der Waals surface area (Å²) in [7, 11) is 0. The zero-order valence-electron chi connectivity index (χ0n) is 8.54. The van der Waals surface area contributed by atoms with Gasteiger partial charge in [0, 0.05) is 18.1 Å². The molecule has 1 rings (SSSR count). The van der Waals surface area contributed by atoms with Crippen LogP contribution >= 0.6 is 0 Å². The molecule has 2 heteroatoms. The number of rotatable bonds is 2. The molecule has 0 spiro atoms. The molecule has 0 unspecified atom stereocenters. The summed E-state index contributed by atoms with van der Waals surface area (Å²) in [5.74, 6) is 0.956. The van der Waals surface area contributed by atoms with Crippen molar-refractivity contribution in [3.8, 4) is 0 Å². The lowest BCUT2D eigenvalue weighted by Gasteiger charge is -2.25. The van der Waals surface area contributed by atoms with Gasteiger partial charge in [-0.2, -0.15) is 0 Å². The molecule has 0 atom stereocenters. The van der Waals surface area contributed by atoms with Crippen molar-refractivity contribution in [3.63, 3.8) is 0 Å². The van der Waals surface area contributed by atoms with E-state index in [1.165, 1.54) is 0 Å². The smallest absolute Gasteiger partial charge is 0.132 e. The normalized spacial score (nSPS) is 19.2. The third-order valence-electron chi connectivity index (χ3n) is 1.99. The fourth-order valence-corrected chi connectivity index (χ4v) is 1.17. The lowest BCUT2D eigenvalue weighted by Crippen LogP contribution is -2.17. The minimum Gasteiger partial charge on any atom is -0.306 e. The lowest BCUT2D eigenvalue weighted by molar-refractivity contribution is 0.541. The van der Waals surface area contributed by atoms with Gasteiger partial charge in [0.25, 0.3) is 0 Å². The van der Waals surface area contributed by atoms with Gasteiger partial charge >= 0.3 is 0 Å². The van der Waals surface area contributed by atoms with Gasteiger partial charge in [-0.3, -0.25) is 0 Å². The van der Waals surface area contributed by atoms with Crippen LogP contribution in [0.25, 0.3) is 0 Å².